The highest BCUT2D eigenvalue weighted by atomic mass is 16.2. The van der Waals surface area contributed by atoms with E-state index in [0.29, 0.717) is 0 Å². The maximum absolute atomic E-state index is 10.4. The van der Waals surface area contributed by atoms with Crippen LogP contribution in [0.4, 0.5) is 0 Å². The van der Waals surface area contributed by atoms with Crippen molar-refractivity contribution in [2.45, 2.75) is 12.8 Å². The summed E-state index contributed by atoms with van der Waals surface area (Å²) in [6.07, 6.45) is 1.61. The van der Waals surface area contributed by atoms with E-state index in [1.54, 1.807) is 0 Å². The molecule has 1 nitrogen and oxygen atoms in total. The Balaban J connectivity index is 2.13. The molecule has 81 valence electrons. The molecule has 0 amide bonds. The fraction of sp³-hybridized carbons (Fsp3) is 0.200. The first kappa shape index (κ1) is 10.9. The lowest BCUT2D eigenvalue weighted by molar-refractivity contribution is 0.189. The molecule has 0 aliphatic rings. The summed E-state index contributed by atoms with van der Waals surface area (Å²) < 4.78 is 0. The molecule has 0 bridgehead atoms. The van der Waals surface area contributed by atoms with Gasteiger partial charge >= 0.3 is 0 Å². The summed E-state index contributed by atoms with van der Waals surface area (Å²) in [6, 6.07) is 18.8. The Morgan fingerprint density at radius 2 is 1.38 bits per heavy atom. The van der Waals surface area contributed by atoms with Crippen molar-refractivity contribution < 1.29 is 5.11 Å². The van der Waals surface area contributed by atoms with Crippen LogP contribution in [0.2, 0.25) is 0 Å². The number of aryl methyl sites for hydroxylation is 1. The van der Waals surface area contributed by atoms with Crippen molar-refractivity contribution in [3.05, 3.63) is 60.2 Å². The predicted octanol–water partition coefficient (Wildman–Crippen LogP) is 3.72. The predicted molar refractivity (Wildman–Crippen MR) is 65.8 cm³/mol. The molecule has 2 aromatic carbocycles. The molecule has 2 rings (SSSR count). The molecule has 0 fully saturated rings. The second-order valence-electron chi connectivity index (χ2n) is 3.87. The van der Waals surface area contributed by atoms with Crippen molar-refractivity contribution in [1.82, 2.24) is 0 Å². The first-order valence-electron chi connectivity index (χ1n) is 5.62. The standard InChI is InChI=1S/C15H15O/c16-12-4-5-13-8-10-15(11-9-13)14-6-2-1-3-7-14/h1-3,6-11H,4-5,12H2. The van der Waals surface area contributed by atoms with Gasteiger partial charge in [-0.2, -0.15) is 0 Å². The largest absolute Gasteiger partial charge is 0.237 e. The van der Waals surface area contributed by atoms with E-state index in [1.807, 2.05) is 18.2 Å². The van der Waals surface area contributed by atoms with Crippen LogP contribution in [0.3, 0.4) is 0 Å². The summed E-state index contributed by atoms with van der Waals surface area (Å²) in [6.45, 7) is 0.0143. The van der Waals surface area contributed by atoms with Gasteiger partial charge in [-0.3, -0.25) is 0 Å². The van der Waals surface area contributed by atoms with E-state index in [-0.39, 0.29) is 6.61 Å². The van der Waals surface area contributed by atoms with Gasteiger partial charge in [-0.05, 0) is 29.5 Å². The molecule has 1 heteroatoms. The fourth-order valence-electron chi connectivity index (χ4n) is 1.77. The molecule has 2 aromatic rings. The van der Waals surface area contributed by atoms with Crippen molar-refractivity contribution in [2.24, 2.45) is 0 Å². The van der Waals surface area contributed by atoms with Gasteiger partial charge in [0.25, 0.3) is 0 Å². The Labute approximate surface area is 96.4 Å². The van der Waals surface area contributed by atoms with Gasteiger partial charge in [0.1, 0.15) is 0 Å². The molecule has 0 aromatic heterocycles. The summed E-state index contributed by atoms with van der Waals surface area (Å²) in [4.78, 5) is 0. The van der Waals surface area contributed by atoms with Crippen LogP contribution in [0.25, 0.3) is 11.1 Å². The second kappa shape index (κ2) is 5.47. The van der Waals surface area contributed by atoms with Gasteiger partial charge in [0, 0.05) is 0 Å². The summed E-state index contributed by atoms with van der Waals surface area (Å²) >= 11 is 0. The lowest BCUT2D eigenvalue weighted by Gasteiger charge is -2.03. The lowest BCUT2D eigenvalue weighted by atomic mass is 10.0. The lowest BCUT2D eigenvalue weighted by Crippen LogP contribution is -1.88. The van der Waals surface area contributed by atoms with Crippen LogP contribution in [-0.2, 0) is 11.5 Å². The minimum Gasteiger partial charge on any atom is -0.237 e. The van der Waals surface area contributed by atoms with Crippen molar-refractivity contribution in [3.8, 4) is 11.1 Å². The quantitative estimate of drug-likeness (QED) is 0.734. The third kappa shape index (κ3) is 2.71. The number of hydrogen-bond acceptors (Lipinski definition) is 0. The van der Waals surface area contributed by atoms with Crippen LogP contribution < -0.4 is 0 Å². The van der Waals surface area contributed by atoms with Gasteiger partial charge in [0.2, 0.25) is 0 Å². The van der Waals surface area contributed by atoms with E-state index >= 15 is 0 Å². The third-order valence-electron chi connectivity index (χ3n) is 2.67. The normalized spacial score (nSPS) is 10.3. The number of benzene rings is 2. The second-order valence-corrected chi connectivity index (χ2v) is 3.87. The molecule has 0 spiro atoms. The summed E-state index contributed by atoms with van der Waals surface area (Å²) in [5.74, 6) is 0. The number of rotatable bonds is 4. The van der Waals surface area contributed by atoms with Crippen molar-refractivity contribution in [3.63, 3.8) is 0 Å². The SMILES string of the molecule is [O]CCCc1ccc(-c2ccccc2)cc1. The topological polar surface area (TPSA) is 19.9 Å². The fourth-order valence-corrected chi connectivity index (χ4v) is 1.77. The summed E-state index contributed by atoms with van der Waals surface area (Å²) in [7, 11) is 0. The van der Waals surface area contributed by atoms with E-state index in [9.17, 15) is 5.11 Å². The third-order valence-corrected chi connectivity index (χ3v) is 2.67. The minimum absolute atomic E-state index is 0.0143. The van der Waals surface area contributed by atoms with Crippen molar-refractivity contribution >= 4 is 0 Å². The van der Waals surface area contributed by atoms with Crippen molar-refractivity contribution in [1.29, 1.82) is 0 Å². The van der Waals surface area contributed by atoms with E-state index in [0.717, 1.165) is 12.8 Å². The molecule has 0 aliphatic carbocycles. The minimum atomic E-state index is 0.0143. The number of hydrogen-bond donors (Lipinski definition) is 0. The molecule has 0 saturated heterocycles. The average molecular weight is 211 g/mol. The first-order valence-corrected chi connectivity index (χ1v) is 5.62. The van der Waals surface area contributed by atoms with Crippen molar-refractivity contribution in [2.75, 3.05) is 6.61 Å². The van der Waals surface area contributed by atoms with Crippen LogP contribution in [0.15, 0.2) is 54.6 Å². The zero-order chi connectivity index (χ0) is 11.2. The van der Waals surface area contributed by atoms with Crippen LogP contribution in [-0.4, -0.2) is 6.61 Å². The molecule has 1 radical (unpaired) electrons. The molecule has 0 saturated carbocycles. The Bertz CT molecular complexity index is 417. The summed E-state index contributed by atoms with van der Waals surface area (Å²) in [5, 5.41) is 10.4. The molecule has 16 heavy (non-hydrogen) atoms. The Hall–Kier alpha value is -1.60. The molecular weight excluding hydrogens is 196 g/mol. The van der Waals surface area contributed by atoms with Gasteiger partial charge in [-0.1, -0.05) is 54.6 Å². The Morgan fingerprint density at radius 3 is 2.00 bits per heavy atom. The maximum Gasteiger partial charge on any atom is 0.0825 e. The monoisotopic (exact) mass is 211 g/mol. The van der Waals surface area contributed by atoms with Crippen LogP contribution in [0.1, 0.15) is 12.0 Å². The first-order chi connectivity index (χ1) is 7.90. The highest BCUT2D eigenvalue weighted by Crippen LogP contribution is 2.19. The Kier molecular flexibility index (Phi) is 3.73. The molecule has 0 unspecified atom stereocenters. The molecule has 0 heterocycles. The van der Waals surface area contributed by atoms with Gasteiger partial charge < -0.3 is 0 Å². The van der Waals surface area contributed by atoms with Gasteiger partial charge in [-0.25, -0.2) is 5.11 Å². The average Bonchev–Trinajstić information content (AvgIpc) is 2.38. The maximum atomic E-state index is 10.4. The van der Waals surface area contributed by atoms with Gasteiger partial charge in [-0.15, -0.1) is 0 Å². The Morgan fingerprint density at radius 1 is 0.750 bits per heavy atom. The smallest absolute Gasteiger partial charge is 0.0825 e. The zero-order valence-electron chi connectivity index (χ0n) is 9.23. The zero-order valence-corrected chi connectivity index (χ0v) is 9.23. The molecular formula is C15H15O. The van der Waals surface area contributed by atoms with E-state index in [1.165, 1.54) is 16.7 Å². The van der Waals surface area contributed by atoms with Crippen LogP contribution in [0, 0.1) is 0 Å². The van der Waals surface area contributed by atoms with Crippen LogP contribution in [0.5, 0.6) is 0 Å². The van der Waals surface area contributed by atoms with E-state index < -0.39 is 0 Å². The molecule has 0 N–H and O–H groups in total. The molecule has 0 aliphatic heterocycles. The van der Waals surface area contributed by atoms with Crippen LogP contribution >= 0.6 is 0 Å². The van der Waals surface area contributed by atoms with E-state index in [4.69, 9.17) is 0 Å². The van der Waals surface area contributed by atoms with Gasteiger partial charge in [0.15, 0.2) is 0 Å². The highest BCUT2D eigenvalue weighted by Gasteiger charge is 1.97. The summed E-state index contributed by atoms with van der Waals surface area (Å²) in [5.41, 5.74) is 3.71. The highest BCUT2D eigenvalue weighted by molar-refractivity contribution is 5.63. The molecule has 0 atom stereocenters. The van der Waals surface area contributed by atoms with E-state index in [2.05, 4.69) is 36.4 Å². The van der Waals surface area contributed by atoms with Gasteiger partial charge in [0.05, 0.1) is 6.61 Å².